The number of rotatable bonds is 5. The fourth-order valence-electron chi connectivity index (χ4n) is 3.78. The van der Waals surface area contributed by atoms with E-state index in [1.54, 1.807) is 11.8 Å². The second-order valence-electron chi connectivity index (χ2n) is 7.29. The number of aryl methyl sites for hydroxylation is 2. The molecule has 0 aliphatic carbocycles. The van der Waals surface area contributed by atoms with Crippen molar-refractivity contribution in [3.8, 4) is 0 Å². The third-order valence-corrected chi connectivity index (χ3v) is 7.46. The predicted molar refractivity (Wildman–Crippen MR) is 119 cm³/mol. The smallest absolute Gasteiger partial charge is 0.224 e. The minimum atomic E-state index is 0.0512. The highest BCUT2D eigenvalue weighted by molar-refractivity contribution is 7.99. The Labute approximate surface area is 175 Å². The van der Waals surface area contributed by atoms with E-state index in [-0.39, 0.29) is 11.9 Å². The normalized spacial score (nSPS) is 16.1. The van der Waals surface area contributed by atoms with E-state index in [0.717, 1.165) is 18.7 Å². The maximum Gasteiger partial charge on any atom is 0.224 e. The first kappa shape index (κ1) is 19.3. The highest BCUT2D eigenvalue weighted by Gasteiger charge is 2.32. The molecule has 1 atom stereocenters. The Hall–Kier alpha value is -2.04. The van der Waals surface area contributed by atoms with Crippen LogP contribution in [0, 0.1) is 13.8 Å². The van der Waals surface area contributed by atoms with Crippen LogP contribution >= 0.6 is 23.1 Å². The van der Waals surface area contributed by atoms with Crippen molar-refractivity contribution in [2.45, 2.75) is 37.6 Å². The molecule has 28 heavy (non-hydrogen) atoms. The molecule has 1 amide bonds. The number of hydrogen-bond donors (Lipinski definition) is 0. The summed E-state index contributed by atoms with van der Waals surface area (Å²) in [5.41, 5.74) is 5.13. The van der Waals surface area contributed by atoms with Crippen molar-refractivity contribution in [2.75, 3.05) is 12.3 Å². The van der Waals surface area contributed by atoms with Crippen LogP contribution in [0.25, 0.3) is 0 Å². The third kappa shape index (κ3) is 4.03. The number of thioether (sulfide) groups is 1. The molecule has 3 aromatic rings. The molecule has 0 saturated heterocycles. The van der Waals surface area contributed by atoms with Gasteiger partial charge in [0.15, 0.2) is 0 Å². The van der Waals surface area contributed by atoms with Gasteiger partial charge in [0.2, 0.25) is 5.91 Å². The predicted octanol–water partition coefficient (Wildman–Crippen LogP) is 6.02. The zero-order valence-electron chi connectivity index (χ0n) is 16.4. The van der Waals surface area contributed by atoms with Crippen LogP contribution in [0.4, 0.5) is 0 Å². The summed E-state index contributed by atoms with van der Waals surface area (Å²) in [6.07, 6.45) is 1.53. The molecule has 4 heteroatoms. The number of nitrogens with zero attached hydrogens (tertiary/aromatic N) is 1. The standard InChI is InChI=1S/C24H25NOS2/c1-17-8-9-20(16-18(17)2)27-15-12-23(26)25-13-10-22-21(11-14-28-22)24(25)19-6-4-3-5-7-19/h3-9,11,14,16,24H,10,12-13,15H2,1-2H3. The van der Waals surface area contributed by atoms with Gasteiger partial charge in [-0.2, -0.15) is 0 Å². The van der Waals surface area contributed by atoms with E-state index in [4.69, 9.17) is 0 Å². The summed E-state index contributed by atoms with van der Waals surface area (Å²) in [5, 5.41) is 2.16. The van der Waals surface area contributed by atoms with Gasteiger partial charge >= 0.3 is 0 Å². The Kier molecular flexibility index (Phi) is 5.88. The van der Waals surface area contributed by atoms with Gasteiger partial charge in [-0.3, -0.25) is 4.79 Å². The molecule has 0 saturated carbocycles. The average molecular weight is 408 g/mol. The van der Waals surface area contributed by atoms with Crippen molar-refractivity contribution < 1.29 is 4.79 Å². The number of hydrogen-bond acceptors (Lipinski definition) is 3. The van der Waals surface area contributed by atoms with Gasteiger partial charge in [0.05, 0.1) is 6.04 Å². The van der Waals surface area contributed by atoms with Crippen LogP contribution in [0.3, 0.4) is 0 Å². The van der Waals surface area contributed by atoms with E-state index in [1.165, 1.54) is 32.0 Å². The van der Waals surface area contributed by atoms with Gasteiger partial charge < -0.3 is 4.90 Å². The highest BCUT2D eigenvalue weighted by atomic mass is 32.2. The molecule has 2 aromatic carbocycles. The van der Waals surface area contributed by atoms with Crippen molar-refractivity contribution in [2.24, 2.45) is 0 Å². The van der Waals surface area contributed by atoms with Crippen LogP contribution in [0.15, 0.2) is 64.9 Å². The Bertz CT molecular complexity index is 964. The third-order valence-electron chi connectivity index (χ3n) is 5.46. The van der Waals surface area contributed by atoms with Crippen LogP contribution < -0.4 is 0 Å². The summed E-state index contributed by atoms with van der Waals surface area (Å²) in [7, 11) is 0. The lowest BCUT2D eigenvalue weighted by molar-refractivity contribution is -0.132. The maximum absolute atomic E-state index is 13.1. The highest BCUT2D eigenvalue weighted by Crippen LogP contribution is 2.38. The van der Waals surface area contributed by atoms with Crippen molar-refractivity contribution in [3.63, 3.8) is 0 Å². The van der Waals surface area contributed by atoms with Gasteiger partial charge in [-0.15, -0.1) is 23.1 Å². The lowest BCUT2D eigenvalue weighted by Crippen LogP contribution is -2.40. The first-order valence-corrected chi connectivity index (χ1v) is 11.6. The van der Waals surface area contributed by atoms with E-state index in [9.17, 15) is 4.79 Å². The van der Waals surface area contributed by atoms with Gasteiger partial charge in [0, 0.05) is 28.5 Å². The number of carbonyl (C=O) groups is 1. The molecule has 144 valence electrons. The number of benzene rings is 2. The zero-order chi connectivity index (χ0) is 19.5. The first-order chi connectivity index (χ1) is 13.6. The molecule has 1 unspecified atom stereocenters. The topological polar surface area (TPSA) is 20.3 Å². The molecule has 2 nitrogen and oxygen atoms in total. The first-order valence-electron chi connectivity index (χ1n) is 9.74. The number of carbonyl (C=O) groups excluding carboxylic acids is 1. The number of fused-ring (bicyclic) bond motifs is 1. The summed E-state index contributed by atoms with van der Waals surface area (Å²) >= 11 is 3.59. The van der Waals surface area contributed by atoms with Crippen LogP contribution in [0.5, 0.6) is 0 Å². The van der Waals surface area contributed by atoms with Gasteiger partial charge in [0.25, 0.3) is 0 Å². The van der Waals surface area contributed by atoms with Crippen molar-refractivity contribution >= 4 is 29.0 Å². The lowest BCUT2D eigenvalue weighted by Gasteiger charge is -2.36. The molecule has 0 N–H and O–H groups in total. The van der Waals surface area contributed by atoms with E-state index >= 15 is 0 Å². The van der Waals surface area contributed by atoms with Crippen LogP contribution in [-0.4, -0.2) is 23.1 Å². The van der Waals surface area contributed by atoms with Crippen molar-refractivity contribution in [3.05, 3.63) is 87.1 Å². The minimum Gasteiger partial charge on any atom is -0.331 e. The minimum absolute atomic E-state index is 0.0512. The maximum atomic E-state index is 13.1. The molecular formula is C24H25NOS2. The second kappa shape index (κ2) is 8.54. The molecule has 4 rings (SSSR count). The number of thiophene rings is 1. The summed E-state index contributed by atoms with van der Waals surface area (Å²) in [4.78, 5) is 17.9. The zero-order valence-corrected chi connectivity index (χ0v) is 18.0. The Morgan fingerprint density at radius 3 is 2.71 bits per heavy atom. The Morgan fingerprint density at radius 2 is 1.93 bits per heavy atom. The lowest BCUT2D eigenvalue weighted by atomic mass is 9.93. The SMILES string of the molecule is Cc1ccc(SCCC(=O)N2CCc3sccc3C2c2ccccc2)cc1C. The number of amides is 1. The van der Waals surface area contributed by atoms with Gasteiger partial charge in [0.1, 0.15) is 0 Å². The average Bonchev–Trinajstić information content (AvgIpc) is 3.19. The molecular weight excluding hydrogens is 382 g/mol. The monoisotopic (exact) mass is 407 g/mol. The van der Waals surface area contributed by atoms with Crippen LogP contribution in [-0.2, 0) is 11.2 Å². The fourth-order valence-corrected chi connectivity index (χ4v) is 5.62. The summed E-state index contributed by atoms with van der Waals surface area (Å²) in [6.45, 7) is 5.08. The fraction of sp³-hybridized carbons (Fsp3) is 0.292. The van der Waals surface area contributed by atoms with Crippen molar-refractivity contribution in [1.29, 1.82) is 0 Å². The van der Waals surface area contributed by atoms with Gasteiger partial charge in [-0.25, -0.2) is 0 Å². The molecule has 2 heterocycles. The largest absolute Gasteiger partial charge is 0.331 e. The van der Waals surface area contributed by atoms with Crippen LogP contribution in [0.1, 0.15) is 39.6 Å². The quantitative estimate of drug-likeness (QED) is 0.482. The van der Waals surface area contributed by atoms with E-state index < -0.39 is 0 Å². The molecule has 0 fully saturated rings. The van der Waals surface area contributed by atoms with E-state index in [0.29, 0.717) is 6.42 Å². The second-order valence-corrected chi connectivity index (χ2v) is 9.46. The van der Waals surface area contributed by atoms with Gasteiger partial charge in [-0.1, -0.05) is 36.4 Å². The summed E-state index contributed by atoms with van der Waals surface area (Å²) in [6, 6.07) is 19.2. The van der Waals surface area contributed by atoms with E-state index in [1.807, 2.05) is 17.4 Å². The molecule has 0 spiro atoms. The molecule has 0 radical (unpaired) electrons. The molecule has 1 aliphatic heterocycles. The van der Waals surface area contributed by atoms with Gasteiger partial charge in [-0.05, 0) is 66.1 Å². The summed E-state index contributed by atoms with van der Waals surface area (Å²) in [5.74, 6) is 1.07. The molecule has 1 aliphatic rings. The van der Waals surface area contributed by atoms with Crippen molar-refractivity contribution in [1.82, 2.24) is 4.90 Å². The van der Waals surface area contributed by atoms with E-state index in [2.05, 4.69) is 72.7 Å². The Morgan fingerprint density at radius 1 is 1.11 bits per heavy atom. The molecule has 1 aromatic heterocycles. The van der Waals surface area contributed by atoms with Crippen LogP contribution in [0.2, 0.25) is 0 Å². The summed E-state index contributed by atoms with van der Waals surface area (Å²) < 4.78 is 0. The molecule has 0 bridgehead atoms. The Balaban J connectivity index is 1.47.